The number of hydrogen-bond acceptors (Lipinski definition) is 3. The number of ether oxygens (including phenoxy) is 2. The highest BCUT2D eigenvalue weighted by Gasteiger charge is 2.10. The van der Waals surface area contributed by atoms with Crippen molar-refractivity contribution in [3.05, 3.63) is 58.1 Å². The summed E-state index contributed by atoms with van der Waals surface area (Å²) in [5.74, 6) is 1.60. The summed E-state index contributed by atoms with van der Waals surface area (Å²) < 4.78 is 12.0. The molecule has 1 atom stereocenters. The van der Waals surface area contributed by atoms with E-state index < -0.39 is 0 Å². The van der Waals surface area contributed by atoms with Crippen molar-refractivity contribution >= 4 is 15.9 Å². The lowest BCUT2D eigenvalue weighted by molar-refractivity contribution is 0.202. The molecule has 2 aromatic rings. The first-order chi connectivity index (χ1) is 10.1. The van der Waals surface area contributed by atoms with Crippen molar-refractivity contribution in [2.45, 2.75) is 19.4 Å². The molecule has 1 unspecified atom stereocenters. The van der Waals surface area contributed by atoms with Crippen LogP contribution in [-0.4, -0.2) is 13.7 Å². The summed E-state index contributed by atoms with van der Waals surface area (Å²) in [5.41, 5.74) is 8.21. The van der Waals surface area contributed by atoms with Gasteiger partial charge in [-0.05, 0) is 49.2 Å². The summed E-state index contributed by atoms with van der Waals surface area (Å²) in [6, 6.07) is 13.8. The van der Waals surface area contributed by atoms with Crippen LogP contribution in [0.3, 0.4) is 0 Å². The third-order valence-electron chi connectivity index (χ3n) is 3.21. The smallest absolute Gasteiger partial charge is 0.132 e. The van der Waals surface area contributed by atoms with Gasteiger partial charge in [0.15, 0.2) is 0 Å². The molecule has 0 aliphatic rings. The zero-order valence-electron chi connectivity index (χ0n) is 12.3. The van der Waals surface area contributed by atoms with Gasteiger partial charge in [-0.3, -0.25) is 0 Å². The quantitative estimate of drug-likeness (QED) is 0.837. The SMILES string of the molecule is COCCc1ccc(Oc2ccc(Br)cc2C(C)N)cc1. The van der Waals surface area contributed by atoms with E-state index in [9.17, 15) is 0 Å². The molecule has 0 fully saturated rings. The molecule has 2 aromatic carbocycles. The number of hydrogen-bond donors (Lipinski definition) is 1. The largest absolute Gasteiger partial charge is 0.457 e. The predicted molar refractivity (Wildman–Crippen MR) is 88.8 cm³/mol. The molecule has 0 aliphatic carbocycles. The lowest BCUT2D eigenvalue weighted by atomic mass is 10.1. The van der Waals surface area contributed by atoms with Crippen LogP contribution in [0.15, 0.2) is 46.9 Å². The molecule has 3 nitrogen and oxygen atoms in total. The molecule has 0 radical (unpaired) electrons. The van der Waals surface area contributed by atoms with Crippen LogP contribution in [0.25, 0.3) is 0 Å². The third kappa shape index (κ3) is 4.56. The van der Waals surface area contributed by atoms with Gasteiger partial charge in [0.05, 0.1) is 6.61 Å². The lowest BCUT2D eigenvalue weighted by Crippen LogP contribution is -2.06. The molecule has 0 aliphatic heterocycles. The molecule has 4 heteroatoms. The Kier molecular flexibility index (Phi) is 5.79. The van der Waals surface area contributed by atoms with Crippen LogP contribution in [0.5, 0.6) is 11.5 Å². The molecule has 112 valence electrons. The predicted octanol–water partition coefficient (Wildman–Crippen LogP) is 4.45. The fraction of sp³-hybridized carbons (Fsp3) is 0.294. The maximum Gasteiger partial charge on any atom is 0.132 e. The molecule has 2 rings (SSSR count). The van der Waals surface area contributed by atoms with Crippen LogP contribution in [0.4, 0.5) is 0 Å². The van der Waals surface area contributed by atoms with Crippen LogP contribution >= 0.6 is 15.9 Å². The Morgan fingerprint density at radius 3 is 2.48 bits per heavy atom. The van der Waals surface area contributed by atoms with Crippen LogP contribution in [0, 0.1) is 0 Å². The molecule has 0 amide bonds. The Labute approximate surface area is 134 Å². The van der Waals surface area contributed by atoms with Gasteiger partial charge in [-0.2, -0.15) is 0 Å². The summed E-state index contributed by atoms with van der Waals surface area (Å²) in [5, 5.41) is 0. The second-order valence-corrected chi connectivity index (χ2v) is 5.88. The Morgan fingerprint density at radius 1 is 1.14 bits per heavy atom. The van der Waals surface area contributed by atoms with Gasteiger partial charge in [-0.1, -0.05) is 28.1 Å². The number of rotatable bonds is 6. The van der Waals surface area contributed by atoms with Crippen LogP contribution in [0.2, 0.25) is 0 Å². The van der Waals surface area contributed by atoms with Crippen molar-refractivity contribution in [2.75, 3.05) is 13.7 Å². The molecule has 0 saturated carbocycles. The Bertz CT molecular complexity index is 582. The fourth-order valence-electron chi connectivity index (χ4n) is 2.04. The Balaban J connectivity index is 2.14. The van der Waals surface area contributed by atoms with Gasteiger partial charge in [0.2, 0.25) is 0 Å². The fourth-order valence-corrected chi connectivity index (χ4v) is 2.42. The molecule has 0 heterocycles. The molecule has 0 bridgehead atoms. The van der Waals surface area contributed by atoms with E-state index >= 15 is 0 Å². The Morgan fingerprint density at radius 2 is 1.86 bits per heavy atom. The van der Waals surface area contributed by atoms with Gasteiger partial charge in [-0.15, -0.1) is 0 Å². The normalized spacial score (nSPS) is 12.2. The summed E-state index contributed by atoms with van der Waals surface area (Å²) >= 11 is 3.46. The van der Waals surface area contributed by atoms with Crippen molar-refractivity contribution in [3.63, 3.8) is 0 Å². The van der Waals surface area contributed by atoms with Gasteiger partial charge in [0, 0.05) is 23.2 Å². The van der Waals surface area contributed by atoms with Crippen molar-refractivity contribution in [1.82, 2.24) is 0 Å². The lowest BCUT2D eigenvalue weighted by Gasteiger charge is -2.14. The van der Waals surface area contributed by atoms with Crippen molar-refractivity contribution in [3.8, 4) is 11.5 Å². The van der Waals surface area contributed by atoms with Crippen molar-refractivity contribution in [2.24, 2.45) is 5.73 Å². The molecule has 2 N–H and O–H groups in total. The van der Waals surface area contributed by atoms with E-state index in [2.05, 4.69) is 28.1 Å². The zero-order valence-corrected chi connectivity index (χ0v) is 13.9. The van der Waals surface area contributed by atoms with Gasteiger partial charge in [0.25, 0.3) is 0 Å². The third-order valence-corrected chi connectivity index (χ3v) is 3.70. The molecular weight excluding hydrogens is 330 g/mol. The highest BCUT2D eigenvalue weighted by molar-refractivity contribution is 9.10. The highest BCUT2D eigenvalue weighted by Crippen LogP contribution is 2.31. The van der Waals surface area contributed by atoms with Crippen LogP contribution < -0.4 is 10.5 Å². The maximum atomic E-state index is 6.00. The first-order valence-electron chi connectivity index (χ1n) is 6.91. The molecule has 0 spiro atoms. The average Bonchev–Trinajstić information content (AvgIpc) is 2.48. The average molecular weight is 350 g/mol. The van der Waals surface area contributed by atoms with E-state index in [-0.39, 0.29) is 6.04 Å². The summed E-state index contributed by atoms with van der Waals surface area (Å²) in [6.45, 7) is 2.67. The molecule has 0 aromatic heterocycles. The van der Waals surface area contributed by atoms with E-state index in [0.29, 0.717) is 0 Å². The number of nitrogens with two attached hydrogens (primary N) is 1. The van der Waals surface area contributed by atoms with E-state index in [0.717, 1.165) is 34.6 Å². The molecule has 0 saturated heterocycles. The maximum absolute atomic E-state index is 6.00. The van der Waals surface area contributed by atoms with E-state index in [1.165, 1.54) is 5.56 Å². The number of benzene rings is 2. The van der Waals surface area contributed by atoms with Crippen molar-refractivity contribution in [1.29, 1.82) is 0 Å². The van der Waals surface area contributed by atoms with Crippen LogP contribution in [-0.2, 0) is 11.2 Å². The van der Waals surface area contributed by atoms with E-state index in [1.807, 2.05) is 37.3 Å². The Hall–Kier alpha value is -1.36. The number of halogens is 1. The summed E-state index contributed by atoms with van der Waals surface area (Å²) in [4.78, 5) is 0. The molecular formula is C17H20BrNO2. The summed E-state index contributed by atoms with van der Waals surface area (Å²) in [6.07, 6.45) is 0.903. The van der Waals surface area contributed by atoms with Gasteiger partial charge < -0.3 is 15.2 Å². The molecule has 21 heavy (non-hydrogen) atoms. The summed E-state index contributed by atoms with van der Waals surface area (Å²) in [7, 11) is 1.71. The minimum absolute atomic E-state index is 0.0847. The second kappa shape index (κ2) is 7.59. The van der Waals surface area contributed by atoms with E-state index in [4.69, 9.17) is 15.2 Å². The number of methoxy groups -OCH3 is 1. The minimum atomic E-state index is -0.0847. The zero-order chi connectivity index (χ0) is 15.2. The van der Waals surface area contributed by atoms with Crippen molar-refractivity contribution < 1.29 is 9.47 Å². The highest BCUT2D eigenvalue weighted by atomic mass is 79.9. The van der Waals surface area contributed by atoms with E-state index in [1.54, 1.807) is 7.11 Å². The monoisotopic (exact) mass is 349 g/mol. The van der Waals surface area contributed by atoms with Crippen LogP contribution in [0.1, 0.15) is 24.1 Å². The minimum Gasteiger partial charge on any atom is -0.457 e. The van der Waals surface area contributed by atoms with Gasteiger partial charge >= 0.3 is 0 Å². The van der Waals surface area contributed by atoms with Gasteiger partial charge in [-0.25, -0.2) is 0 Å². The second-order valence-electron chi connectivity index (χ2n) is 4.96. The first-order valence-corrected chi connectivity index (χ1v) is 7.70. The first kappa shape index (κ1) is 16.0. The topological polar surface area (TPSA) is 44.5 Å². The van der Waals surface area contributed by atoms with Gasteiger partial charge in [0.1, 0.15) is 11.5 Å². The standard InChI is InChI=1S/C17H20BrNO2/c1-12(19)16-11-14(18)5-8-17(16)21-15-6-3-13(4-7-15)9-10-20-2/h3-8,11-12H,9-10,19H2,1-2H3.